The van der Waals surface area contributed by atoms with E-state index in [4.69, 9.17) is 9.15 Å². The molecule has 3 nitrogen and oxygen atoms in total. The van der Waals surface area contributed by atoms with Gasteiger partial charge in [-0.2, -0.15) is 0 Å². The van der Waals surface area contributed by atoms with Crippen LogP contribution < -0.4 is 10.1 Å². The van der Waals surface area contributed by atoms with Gasteiger partial charge in [-0.1, -0.05) is 13.8 Å². The molecule has 0 aliphatic carbocycles. The average Bonchev–Trinajstić information content (AvgIpc) is 2.65. The molecule has 18 heavy (non-hydrogen) atoms. The molecule has 0 saturated heterocycles. The number of furan rings is 1. The second-order valence-electron chi connectivity index (χ2n) is 5.04. The Morgan fingerprint density at radius 3 is 2.78 bits per heavy atom. The van der Waals surface area contributed by atoms with Gasteiger partial charge in [0.05, 0.1) is 13.7 Å². The summed E-state index contributed by atoms with van der Waals surface area (Å²) in [5.74, 6) is 2.49. The Kier molecular flexibility index (Phi) is 3.92. The number of hydrogen-bond donors (Lipinski definition) is 1. The number of methoxy groups -OCH3 is 1. The first kappa shape index (κ1) is 13.0. The molecule has 2 aromatic rings. The van der Waals surface area contributed by atoms with Crippen molar-refractivity contribution in [3.8, 4) is 5.75 Å². The van der Waals surface area contributed by atoms with Crippen molar-refractivity contribution in [3.05, 3.63) is 29.5 Å². The molecule has 0 atom stereocenters. The van der Waals surface area contributed by atoms with E-state index in [1.807, 2.05) is 12.1 Å². The van der Waals surface area contributed by atoms with Crippen LogP contribution in [0.25, 0.3) is 11.0 Å². The number of ether oxygens (including phenoxy) is 1. The molecule has 0 spiro atoms. The Labute approximate surface area is 108 Å². The van der Waals surface area contributed by atoms with Crippen LogP contribution in [0, 0.1) is 12.8 Å². The monoisotopic (exact) mass is 247 g/mol. The third-order valence-electron chi connectivity index (χ3n) is 3.08. The minimum atomic E-state index is 0.648. The number of rotatable bonds is 5. The van der Waals surface area contributed by atoms with Gasteiger partial charge in [0, 0.05) is 11.5 Å². The standard InChI is InChI=1S/C15H21NO2/c1-10(2)8-16-9-15-11(3)13-6-5-12(17-4)7-14(13)18-15/h5-7,10,16H,8-9H2,1-4H3. The molecule has 0 fully saturated rings. The molecular weight excluding hydrogens is 226 g/mol. The van der Waals surface area contributed by atoms with Crippen LogP contribution in [-0.2, 0) is 6.54 Å². The Balaban J connectivity index is 2.21. The number of benzene rings is 1. The molecule has 0 aliphatic heterocycles. The van der Waals surface area contributed by atoms with Crippen molar-refractivity contribution in [2.75, 3.05) is 13.7 Å². The van der Waals surface area contributed by atoms with Crippen LogP contribution in [-0.4, -0.2) is 13.7 Å². The molecular formula is C15H21NO2. The first-order valence-electron chi connectivity index (χ1n) is 6.38. The van der Waals surface area contributed by atoms with E-state index >= 15 is 0 Å². The van der Waals surface area contributed by atoms with Gasteiger partial charge in [-0.15, -0.1) is 0 Å². The average molecular weight is 247 g/mol. The number of nitrogens with one attached hydrogen (secondary N) is 1. The van der Waals surface area contributed by atoms with E-state index < -0.39 is 0 Å². The predicted octanol–water partition coefficient (Wildman–Crippen LogP) is 3.50. The lowest BCUT2D eigenvalue weighted by molar-refractivity contribution is 0.414. The van der Waals surface area contributed by atoms with Crippen LogP contribution in [0.2, 0.25) is 0 Å². The lowest BCUT2D eigenvalue weighted by atomic mass is 10.1. The molecule has 2 rings (SSSR count). The van der Waals surface area contributed by atoms with Crippen molar-refractivity contribution in [2.24, 2.45) is 5.92 Å². The molecule has 0 radical (unpaired) electrons. The molecule has 0 saturated carbocycles. The quantitative estimate of drug-likeness (QED) is 0.878. The Morgan fingerprint density at radius 2 is 2.11 bits per heavy atom. The van der Waals surface area contributed by atoms with E-state index in [9.17, 15) is 0 Å². The third-order valence-corrected chi connectivity index (χ3v) is 3.08. The highest BCUT2D eigenvalue weighted by Crippen LogP contribution is 2.28. The van der Waals surface area contributed by atoms with E-state index in [1.54, 1.807) is 7.11 Å². The molecule has 3 heteroatoms. The van der Waals surface area contributed by atoms with Gasteiger partial charge >= 0.3 is 0 Å². The summed E-state index contributed by atoms with van der Waals surface area (Å²) in [7, 11) is 1.67. The first-order valence-corrected chi connectivity index (χ1v) is 6.38. The fraction of sp³-hybridized carbons (Fsp3) is 0.467. The summed E-state index contributed by atoms with van der Waals surface area (Å²) in [5.41, 5.74) is 2.11. The maximum Gasteiger partial charge on any atom is 0.138 e. The van der Waals surface area contributed by atoms with Crippen molar-refractivity contribution in [1.82, 2.24) is 5.32 Å². The van der Waals surface area contributed by atoms with Gasteiger partial charge in [-0.25, -0.2) is 0 Å². The Bertz CT molecular complexity index is 529. The largest absolute Gasteiger partial charge is 0.497 e. The first-order chi connectivity index (χ1) is 8.61. The maximum atomic E-state index is 5.88. The van der Waals surface area contributed by atoms with Gasteiger partial charge in [-0.05, 0) is 37.1 Å². The zero-order valence-electron chi connectivity index (χ0n) is 11.5. The van der Waals surface area contributed by atoms with Gasteiger partial charge in [0.2, 0.25) is 0 Å². The predicted molar refractivity (Wildman–Crippen MR) is 74.0 cm³/mol. The van der Waals surface area contributed by atoms with Crippen LogP contribution in [0.5, 0.6) is 5.75 Å². The Hall–Kier alpha value is -1.48. The molecule has 1 N–H and O–H groups in total. The van der Waals surface area contributed by atoms with Crippen LogP contribution >= 0.6 is 0 Å². The van der Waals surface area contributed by atoms with Crippen molar-refractivity contribution in [1.29, 1.82) is 0 Å². The topological polar surface area (TPSA) is 34.4 Å². The molecule has 1 aromatic carbocycles. The summed E-state index contributed by atoms with van der Waals surface area (Å²) < 4.78 is 11.1. The van der Waals surface area contributed by atoms with E-state index in [-0.39, 0.29) is 0 Å². The zero-order valence-corrected chi connectivity index (χ0v) is 11.5. The van der Waals surface area contributed by atoms with Crippen molar-refractivity contribution in [2.45, 2.75) is 27.3 Å². The SMILES string of the molecule is COc1ccc2c(C)c(CNCC(C)C)oc2c1. The number of aryl methyl sites for hydroxylation is 1. The molecule has 1 heterocycles. The molecule has 0 unspecified atom stereocenters. The minimum absolute atomic E-state index is 0.648. The van der Waals surface area contributed by atoms with Crippen LogP contribution in [0.15, 0.2) is 22.6 Å². The lowest BCUT2D eigenvalue weighted by Crippen LogP contribution is -2.18. The highest BCUT2D eigenvalue weighted by atomic mass is 16.5. The van der Waals surface area contributed by atoms with E-state index in [0.717, 1.165) is 35.6 Å². The summed E-state index contributed by atoms with van der Waals surface area (Å²) >= 11 is 0. The fourth-order valence-electron chi connectivity index (χ4n) is 2.03. The lowest BCUT2D eigenvalue weighted by Gasteiger charge is -2.05. The summed E-state index contributed by atoms with van der Waals surface area (Å²) in [6, 6.07) is 5.96. The van der Waals surface area contributed by atoms with E-state index in [0.29, 0.717) is 5.92 Å². The molecule has 0 aliphatic rings. The van der Waals surface area contributed by atoms with E-state index in [2.05, 4.69) is 32.2 Å². The summed E-state index contributed by atoms with van der Waals surface area (Å²) in [4.78, 5) is 0. The third kappa shape index (κ3) is 2.67. The van der Waals surface area contributed by atoms with Crippen LogP contribution in [0.1, 0.15) is 25.2 Å². The molecule has 0 amide bonds. The Morgan fingerprint density at radius 1 is 1.33 bits per heavy atom. The maximum absolute atomic E-state index is 5.88. The summed E-state index contributed by atoms with van der Waals surface area (Å²) in [6.45, 7) is 8.28. The number of hydrogen-bond acceptors (Lipinski definition) is 3. The second-order valence-corrected chi connectivity index (χ2v) is 5.04. The second kappa shape index (κ2) is 5.44. The van der Waals surface area contributed by atoms with Crippen molar-refractivity contribution in [3.63, 3.8) is 0 Å². The number of fused-ring (bicyclic) bond motifs is 1. The van der Waals surface area contributed by atoms with Gasteiger partial charge < -0.3 is 14.5 Å². The molecule has 1 aromatic heterocycles. The van der Waals surface area contributed by atoms with Crippen molar-refractivity contribution < 1.29 is 9.15 Å². The van der Waals surface area contributed by atoms with Gasteiger partial charge in [0.25, 0.3) is 0 Å². The molecule has 98 valence electrons. The van der Waals surface area contributed by atoms with E-state index in [1.165, 1.54) is 5.56 Å². The summed E-state index contributed by atoms with van der Waals surface area (Å²) in [5, 5.41) is 4.57. The minimum Gasteiger partial charge on any atom is -0.497 e. The van der Waals surface area contributed by atoms with Crippen LogP contribution in [0.4, 0.5) is 0 Å². The zero-order chi connectivity index (χ0) is 13.1. The smallest absolute Gasteiger partial charge is 0.138 e. The highest BCUT2D eigenvalue weighted by Gasteiger charge is 2.10. The van der Waals surface area contributed by atoms with Gasteiger partial charge in [0.15, 0.2) is 0 Å². The van der Waals surface area contributed by atoms with Crippen molar-refractivity contribution >= 4 is 11.0 Å². The molecule has 0 bridgehead atoms. The summed E-state index contributed by atoms with van der Waals surface area (Å²) in [6.07, 6.45) is 0. The van der Waals surface area contributed by atoms with Gasteiger partial charge in [-0.3, -0.25) is 0 Å². The highest BCUT2D eigenvalue weighted by molar-refractivity contribution is 5.83. The normalized spacial score (nSPS) is 11.4. The fourth-order valence-corrected chi connectivity index (χ4v) is 2.03. The van der Waals surface area contributed by atoms with Crippen LogP contribution in [0.3, 0.4) is 0 Å². The van der Waals surface area contributed by atoms with Gasteiger partial charge in [0.1, 0.15) is 17.1 Å².